The molecule has 0 unspecified atom stereocenters. The first-order valence-electron chi connectivity index (χ1n) is 9.17. The van der Waals surface area contributed by atoms with Gasteiger partial charge in [-0.25, -0.2) is 9.37 Å². The van der Waals surface area contributed by atoms with Crippen LogP contribution in [0.25, 0.3) is 0 Å². The van der Waals surface area contributed by atoms with Crippen molar-refractivity contribution in [2.24, 2.45) is 10.7 Å². The van der Waals surface area contributed by atoms with Gasteiger partial charge in [0, 0.05) is 31.4 Å². The van der Waals surface area contributed by atoms with Crippen LogP contribution in [0.4, 0.5) is 21.6 Å². The van der Waals surface area contributed by atoms with Gasteiger partial charge < -0.3 is 21.3 Å². The smallest absolute Gasteiger partial charge is 0.253 e. The molecule has 1 heterocycles. The maximum Gasteiger partial charge on any atom is 0.253 e. The summed E-state index contributed by atoms with van der Waals surface area (Å²) in [5, 5.41) is 7.43. The van der Waals surface area contributed by atoms with Crippen molar-refractivity contribution in [3.63, 3.8) is 0 Å². The number of halogens is 2. The molecule has 6 N–H and O–H groups in total. The molecule has 1 amide bonds. The first kappa shape index (κ1) is 23.3. The van der Waals surface area contributed by atoms with E-state index in [1.54, 1.807) is 17.5 Å². The number of likely N-dealkylation sites (N-methyl/N-ethyl adjacent to an activating group) is 2. The molecule has 160 valence electrons. The lowest BCUT2D eigenvalue weighted by molar-refractivity contribution is -0.504. The molecule has 2 aromatic rings. The molecule has 2 rings (SSSR count). The monoisotopic (exact) mass is 434 g/mol. The van der Waals surface area contributed by atoms with Crippen LogP contribution in [0.5, 0.6) is 0 Å². The van der Waals surface area contributed by atoms with Crippen LogP contribution in [0.15, 0.2) is 47.2 Å². The average molecular weight is 435 g/mol. The number of rotatable bonds is 7. The summed E-state index contributed by atoms with van der Waals surface area (Å²) in [6.45, 7) is 0.587. The number of benzene rings is 1. The minimum absolute atomic E-state index is 0.0114. The number of carbonyl (C=O) groups excluding carboxylic acids is 1. The number of amides is 1. The van der Waals surface area contributed by atoms with E-state index in [1.807, 2.05) is 26.0 Å². The summed E-state index contributed by atoms with van der Waals surface area (Å²) in [6.07, 6.45) is 3.16. The number of quaternary nitrogens is 1. The standard InChI is InChI=1S/C20H25ClFN7O/c1-24-17(8-12(23)11-29(3)4)28-18-9-16(14(21)10-26-18)27-19-13(20(30)25-2)6-5-7-15(19)22/h5-10H,11,23H2,1-4H3,(H,25,30)(H2,24,26,27,28)/p+1. The van der Waals surface area contributed by atoms with Crippen molar-refractivity contribution in [1.82, 2.24) is 15.2 Å². The van der Waals surface area contributed by atoms with Gasteiger partial charge in [-0.15, -0.1) is 0 Å². The lowest BCUT2D eigenvalue weighted by Gasteiger charge is -2.13. The molecule has 8 nitrogen and oxygen atoms in total. The summed E-state index contributed by atoms with van der Waals surface area (Å²) < 4.78 is 14.4. The number of nitrogens with zero attached hydrogens (tertiary/aromatic N) is 3. The molecular formula is C20H26ClFN7O+. The Morgan fingerprint density at radius 2 is 2.17 bits per heavy atom. The van der Waals surface area contributed by atoms with E-state index in [-0.39, 0.29) is 16.3 Å². The molecule has 0 aliphatic carbocycles. The topological polar surface area (TPSA) is 112 Å². The number of amidine groups is 1. The molecule has 1 aromatic carbocycles. The SMILES string of the molecule is CNC(=O)c1cccc(F)c1Nc1cc(N=C(C=C(N)CN(C)C)[NH2+]C)ncc1Cl. The number of pyridine rings is 1. The first-order valence-corrected chi connectivity index (χ1v) is 9.55. The van der Waals surface area contributed by atoms with Gasteiger partial charge in [-0.1, -0.05) is 17.7 Å². The van der Waals surface area contributed by atoms with Gasteiger partial charge in [-0.2, -0.15) is 4.99 Å². The van der Waals surface area contributed by atoms with Gasteiger partial charge in [0.05, 0.1) is 35.2 Å². The van der Waals surface area contributed by atoms with Crippen molar-refractivity contribution in [1.29, 1.82) is 0 Å². The van der Waals surface area contributed by atoms with Gasteiger partial charge in [0.1, 0.15) is 5.82 Å². The van der Waals surface area contributed by atoms with E-state index in [4.69, 9.17) is 17.3 Å². The third kappa shape index (κ3) is 6.24. The minimum Gasteiger partial charge on any atom is -0.401 e. The zero-order valence-corrected chi connectivity index (χ0v) is 18.1. The Balaban J connectivity index is 2.40. The summed E-state index contributed by atoms with van der Waals surface area (Å²) in [4.78, 5) is 22.7. The van der Waals surface area contributed by atoms with Crippen LogP contribution < -0.4 is 21.7 Å². The highest BCUT2D eigenvalue weighted by Gasteiger charge is 2.16. The lowest BCUT2D eigenvalue weighted by atomic mass is 10.1. The van der Waals surface area contributed by atoms with Crippen molar-refractivity contribution in [3.8, 4) is 0 Å². The molecular weight excluding hydrogens is 409 g/mol. The van der Waals surface area contributed by atoms with Gasteiger partial charge in [-0.05, 0) is 26.2 Å². The first-order chi connectivity index (χ1) is 14.2. The normalized spacial score (nSPS) is 12.2. The number of aromatic nitrogens is 1. The third-order valence-corrected chi connectivity index (χ3v) is 4.26. The van der Waals surface area contributed by atoms with E-state index in [0.29, 0.717) is 29.6 Å². The van der Waals surface area contributed by atoms with E-state index < -0.39 is 11.7 Å². The number of anilines is 2. The predicted molar refractivity (Wildman–Crippen MR) is 118 cm³/mol. The Bertz CT molecular complexity index is 976. The molecule has 0 radical (unpaired) electrons. The van der Waals surface area contributed by atoms with Gasteiger partial charge in [-0.3, -0.25) is 10.1 Å². The zero-order valence-electron chi connectivity index (χ0n) is 17.3. The summed E-state index contributed by atoms with van der Waals surface area (Å²) >= 11 is 6.23. The van der Waals surface area contributed by atoms with Crippen LogP contribution in [0.1, 0.15) is 10.4 Å². The van der Waals surface area contributed by atoms with Crippen LogP contribution in [-0.2, 0) is 0 Å². The van der Waals surface area contributed by atoms with E-state index in [2.05, 4.69) is 20.6 Å². The van der Waals surface area contributed by atoms with Gasteiger partial charge >= 0.3 is 0 Å². The molecule has 0 aliphatic rings. The van der Waals surface area contributed by atoms with Crippen LogP contribution in [0.3, 0.4) is 0 Å². The van der Waals surface area contributed by atoms with Crippen molar-refractivity contribution < 1.29 is 14.5 Å². The fourth-order valence-corrected chi connectivity index (χ4v) is 2.76. The van der Waals surface area contributed by atoms with Crippen LogP contribution in [-0.4, -0.2) is 56.4 Å². The molecule has 1 aromatic heterocycles. The molecule has 0 saturated heterocycles. The number of nitrogens with one attached hydrogen (secondary N) is 2. The lowest BCUT2D eigenvalue weighted by Crippen LogP contribution is -2.83. The summed E-state index contributed by atoms with van der Waals surface area (Å²) in [5.74, 6) is -0.0467. The number of aliphatic imine (C=N–C) groups is 1. The molecule has 0 fully saturated rings. The largest absolute Gasteiger partial charge is 0.401 e. The zero-order chi connectivity index (χ0) is 22.3. The quantitative estimate of drug-likeness (QED) is 0.390. The fraction of sp³-hybridized carbons (Fsp3) is 0.250. The molecule has 0 aliphatic heterocycles. The highest BCUT2D eigenvalue weighted by molar-refractivity contribution is 6.33. The Kier molecular flexibility index (Phi) is 8.28. The summed E-state index contributed by atoms with van der Waals surface area (Å²) in [6, 6.07) is 5.80. The predicted octanol–water partition coefficient (Wildman–Crippen LogP) is 1.60. The fourth-order valence-electron chi connectivity index (χ4n) is 2.61. The van der Waals surface area contributed by atoms with Gasteiger partial charge in [0.15, 0.2) is 5.82 Å². The molecule has 0 atom stereocenters. The number of para-hydroxylation sites is 1. The Morgan fingerprint density at radius 1 is 1.43 bits per heavy atom. The second-order valence-corrected chi connectivity index (χ2v) is 7.08. The number of hydrogen-bond acceptors (Lipinski definition) is 6. The van der Waals surface area contributed by atoms with Crippen molar-refractivity contribution in [2.45, 2.75) is 0 Å². The van der Waals surface area contributed by atoms with E-state index in [0.717, 1.165) is 0 Å². The second kappa shape index (κ2) is 10.7. The van der Waals surface area contributed by atoms with Crippen LogP contribution in [0, 0.1) is 5.82 Å². The number of nitrogens with two attached hydrogens (primary N) is 2. The Hall–Kier alpha value is -3.01. The average Bonchev–Trinajstić information content (AvgIpc) is 2.70. The minimum atomic E-state index is -0.587. The maximum atomic E-state index is 14.4. The number of hydrogen-bond donors (Lipinski definition) is 4. The molecule has 30 heavy (non-hydrogen) atoms. The van der Waals surface area contributed by atoms with Crippen LogP contribution in [0.2, 0.25) is 5.02 Å². The highest BCUT2D eigenvalue weighted by Crippen LogP contribution is 2.31. The van der Waals surface area contributed by atoms with Gasteiger partial charge in [0.2, 0.25) is 5.84 Å². The van der Waals surface area contributed by atoms with Gasteiger partial charge in [0.25, 0.3) is 5.91 Å². The van der Waals surface area contributed by atoms with E-state index in [9.17, 15) is 9.18 Å². The van der Waals surface area contributed by atoms with Crippen LogP contribution >= 0.6 is 11.6 Å². The van der Waals surface area contributed by atoms with Crippen molar-refractivity contribution in [3.05, 3.63) is 58.6 Å². The number of carbonyl (C=O) groups is 1. The molecule has 10 heteroatoms. The molecule has 0 saturated carbocycles. The Labute approximate surface area is 180 Å². The van der Waals surface area contributed by atoms with E-state index >= 15 is 0 Å². The summed E-state index contributed by atoms with van der Waals surface area (Å²) in [5.41, 5.74) is 7.19. The molecule has 0 bridgehead atoms. The third-order valence-electron chi connectivity index (χ3n) is 3.96. The van der Waals surface area contributed by atoms with E-state index in [1.165, 1.54) is 31.4 Å². The maximum absolute atomic E-state index is 14.4. The van der Waals surface area contributed by atoms with Crippen molar-refractivity contribution >= 4 is 40.5 Å². The van der Waals surface area contributed by atoms with Crippen molar-refractivity contribution in [2.75, 3.05) is 40.1 Å². The highest BCUT2D eigenvalue weighted by atomic mass is 35.5. The summed E-state index contributed by atoms with van der Waals surface area (Å²) in [7, 11) is 7.15. The molecule has 0 spiro atoms. The Morgan fingerprint density at radius 3 is 2.80 bits per heavy atom. The second-order valence-electron chi connectivity index (χ2n) is 6.67.